The molecular weight excluding hydrogens is 683 g/mol. The summed E-state index contributed by atoms with van der Waals surface area (Å²) in [6.07, 6.45) is 0. The second kappa shape index (κ2) is 13.2. The number of carbonyl (C=O) groups is 3. The number of thiazole rings is 1. The van der Waals surface area contributed by atoms with Gasteiger partial charge in [0.1, 0.15) is 0 Å². The molecule has 1 aromatic heterocycles. The lowest BCUT2D eigenvalue weighted by atomic mass is 10.1. The lowest BCUT2D eigenvalue weighted by molar-refractivity contribution is -0.113. The number of aromatic carboxylic acids is 1. The van der Waals surface area contributed by atoms with E-state index in [1.807, 2.05) is 0 Å². The zero-order valence-corrected chi connectivity index (χ0v) is 25.7. The summed E-state index contributed by atoms with van der Waals surface area (Å²) in [5.41, 5.74) is 0.778. The van der Waals surface area contributed by atoms with Gasteiger partial charge in [-0.15, -0.1) is 23.1 Å². The monoisotopic (exact) mass is 693 g/mol. The van der Waals surface area contributed by atoms with E-state index in [9.17, 15) is 19.5 Å². The molecule has 2 amide bonds. The van der Waals surface area contributed by atoms with Gasteiger partial charge in [-0.2, -0.15) is 0 Å². The van der Waals surface area contributed by atoms with Gasteiger partial charge in [0.05, 0.1) is 52.7 Å². The van der Waals surface area contributed by atoms with Crippen LogP contribution in [0.3, 0.4) is 0 Å². The van der Waals surface area contributed by atoms with Crippen LogP contribution >= 0.6 is 92.7 Å². The lowest BCUT2D eigenvalue weighted by Crippen LogP contribution is -2.18. The van der Waals surface area contributed by atoms with Crippen molar-refractivity contribution in [3.05, 3.63) is 89.1 Å². The first kappa shape index (κ1) is 30.7. The van der Waals surface area contributed by atoms with Gasteiger partial charge in [0.25, 0.3) is 5.91 Å². The summed E-state index contributed by atoms with van der Waals surface area (Å²) in [4.78, 5) is 42.2. The van der Waals surface area contributed by atoms with Crippen LogP contribution in [-0.2, 0) is 4.79 Å². The van der Waals surface area contributed by atoms with Crippen LogP contribution in [0.4, 0.5) is 10.8 Å². The summed E-state index contributed by atoms with van der Waals surface area (Å²) in [5, 5.41) is 16.7. The molecule has 0 saturated carbocycles. The Labute approximate surface area is 265 Å². The van der Waals surface area contributed by atoms with Crippen LogP contribution in [0.1, 0.15) is 20.7 Å². The summed E-state index contributed by atoms with van der Waals surface area (Å²) in [7, 11) is 0. The second-order valence-corrected chi connectivity index (χ2v) is 12.0. The molecule has 206 valence electrons. The molecule has 0 aliphatic carbocycles. The fourth-order valence-corrected chi connectivity index (χ4v) is 6.05. The highest BCUT2D eigenvalue weighted by Gasteiger charge is 2.29. The quantitative estimate of drug-likeness (QED) is 0.0963. The third-order valence-electron chi connectivity index (χ3n) is 5.16. The fraction of sp³-hybridized carbons (Fsp3) is 0.0400. The number of hydrogen-bond acceptors (Lipinski definition) is 6. The summed E-state index contributed by atoms with van der Waals surface area (Å²) in [6, 6.07) is 11.7. The molecule has 7 nitrogen and oxygen atoms in total. The van der Waals surface area contributed by atoms with Crippen LogP contribution in [0, 0.1) is 0 Å². The van der Waals surface area contributed by atoms with Crippen molar-refractivity contribution in [3.8, 4) is 11.3 Å². The Kier molecular flexibility index (Phi) is 10.1. The molecule has 0 unspecified atom stereocenters. The normalized spacial score (nSPS) is 10.8. The predicted molar refractivity (Wildman–Crippen MR) is 165 cm³/mol. The molecule has 0 radical (unpaired) electrons. The second-order valence-electron chi connectivity index (χ2n) is 7.79. The molecule has 1 heterocycles. The Bertz CT molecular complexity index is 1650. The van der Waals surface area contributed by atoms with Crippen molar-refractivity contribution >= 4 is 121 Å². The number of carboxylic acid groups (broad SMARTS) is 1. The molecule has 40 heavy (non-hydrogen) atoms. The Morgan fingerprint density at radius 1 is 0.825 bits per heavy atom. The SMILES string of the molecule is O=C(CSc1ccc(NC(=O)c2c(Cl)c(Cl)c(Cl)c(Cl)c2C(=O)O)cc1)Nc1nc(-c2ccc(Cl)c(Cl)c2)cs1. The molecule has 0 atom stereocenters. The number of benzene rings is 3. The van der Waals surface area contributed by atoms with E-state index in [4.69, 9.17) is 69.6 Å². The van der Waals surface area contributed by atoms with Gasteiger partial charge in [-0.1, -0.05) is 75.7 Å². The first-order valence-electron chi connectivity index (χ1n) is 10.8. The number of amides is 2. The number of hydrogen-bond donors (Lipinski definition) is 3. The van der Waals surface area contributed by atoms with Gasteiger partial charge in [-0.25, -0.2) is 9.78 Å². The smallest absolute Gasteiger partial charge is 0.338 e. The topological polar surface area (TPSA) is 108 Å². The number of thioether (sulfide) groups is 1. The molecule has 0 fully saturated rings. The molecule has 3 N–H and O–H groups in total. The van der Waals surface area contributed by atoms with Crippen LogP contribution in [0.15, 0.2) is 52.7 Å². The Hall–Kier alpha value is -2.21. The lowest BCUT2D eigenvalue weighted by Gasteiger charge is -2.14. The predicted octanol–water partition coefficient (Wildman–Crippen LogP) is 9.41. The van der Waals surface area contributed by atoms with E-state index in [0.29, 0.717) is 26.6 Å². The molecule has 15 heteroatoms. The zero-order chi connectivity index (χ0) is 29.1. The Morgan fingerprint density at radius 3 is 2.10 bits per heavy atom. The van der Waals surface area contributed by atoms with Crippen molar-refractivity contribution in [3.63, 3.8) is 0 Å². The van der Waals surface area contributed by atoms with Crippen molar-refractivity contribution in [1.29, 1.82) is 0 Å². The van der Waals surface area contributed by atoms with Gasteiger partial charge in [0.2, 0.25) is 5.91 Å². The van der Waals surface area contributed by atoms with E-state index in [1.165, 1.54) is 23.1 Å². The average Bonchev–Trinajstić information content (AvgIpc) is 3.38. The first-order chi connectivity index (χ1) is 19.0. The molecule has 0 bridgehead atoms. The molecule has 4 rings (SSSR count). The van der Waals surface area contributed by atoms with E-state index < -0.39 is 28.0 Å². The van der Waals surface area contributed by atoms with Crippen LogP contribution < -0.4 is 10.6 Å². The number of carbonyl (C=O) groups excluding carboxylic acids is 2. The maximum absolute atomic E-state index is 12.9. The van der Waals surface area contributed by atoms with E-state index in [-0.39, 0.29) is 26.7 Å². The number of nitrogens with zero attached hydrogens (tertiary/aromatic N) is 1. The molecule has 0 saturated heterocycles. The standard InChI is InChI=1S/C25H13Cl6N3O4S2/c26-13-6-1-10(7-14(13)27)15-8-40-25(33-15)34-16(35)9-39-12-4-2-11(3-5-12)32-23(36)17-18(24(37)38)20(29)22(31)21(30)19(17)28/h1-8H,9H2,(H,32,36)(H,37,38)(H,33,34,35). The van der Waals surface area contributed by atoms with E-state index in [2.05, 4.69) is 15.6 Å². The van der Waals surface area contributed by atoms with Crippen LogP contribution in [-0.4, -0.2) is 33.6 Å². The van der Waals surface area contributed by atoms with Crippen molar-refractivity contribution < 1.29 is 19.5 Å². The summed E-state index contributed by atoms with van der Waals surface area (Å²) < 4.78 is 0. The number of aromatic nitrogens is 1. The highest BCUT2D eigenvalue weighted by molar-refractivity contribution is 8.00. The minimum atomic E-state index is -1.50. The first-order valence-corrected chi connectivity index (χ1v) is 14.9. The van der Waals surface area contributed by atoms with E-state index >= 15 is 0 Å². The summed E-state index contributed by atoms with van der Waals surface area (Å²) in [6.45, 7) is 0. The summed E-state index contributed by atoms with van der Waals surface area (Å²) >= 11 is 38.6. The molecular formula is C25H13Cl6N3O4S2. The third kappa shape index (κ3) is 6.98. The average molecular weight is 696 g/mol. The number of rotatable bonds is 8. The highest BCUT2D eigenvalue weighted by atomic mass is 35.5. The van der Waals surface area contributed by atoms with Crippen molar-refractivity contribution in [2.24, 2.45) is 0 Å². The number of halogens is 6. The molecule has 3 aromatic carbocycles. The third-order valence-corrected chi connectivity index (χ3v) is 9.47. The van der Waals surface area contributed by atoms with Gasteiger partial charge >= 0.3 is 5.97 Å². The largest absolute Gasteiger partial charge is 0.478 e. The number of carboxylic acids is 1. The maximum Gasteiger partial charge on any atom is 0.338 e. The highest BCUT2D eigenvalue weighted by Crippen LogP contribution is 2.42. The molecule has 4 aromatic rings. The maximum atomic E-state index is 12.9. The number of anilines is 2. The fourth-order valence-electron chi connectivity index (χ4n) is 3.30. The van der Waals surface area contributed by atoms with E-state index in [0.717, 1.165) is 10.5 Å². The van der Waals surface area contributed by atoms with Crippen molar-refractivity contribution in [1.82, 2.24) is 4.98 Å². The van der Waals surface area contributed by atoms with Crippen molar-refractivity contribution in [2.75, 3.05) is 16.4 Å². The van der Waals surface area contributed by atoms with Gasteiger partial charge in [-0.05, 0) is 36.4 Å². The van der Waals surface area contributed by atoms with E-state index in [1.54, 1.807) is 47.8 Å². The number of nitrogens with one attached hydrogen (secondary N) is 2. The van der Waals surface area contributed by atoms with Gasteiger partial charge in [-0.3, -0.25) is 9.59 Å². The minimum Gasteiger partial charge on any atom is -0.478 e. The summed E-state index contributed by atoms with van der Waals surface area (Å²) in [5.74, 6) is -2.49. The van der Waals surface area contributed by atoms with Crippen LogP contribution in [0.5, 0.6) is 0 Å². The van der Waals surface area contributed by atoms with Crippen LogP contribution in [0.2, 0.25) is 30.1 Å². The van der Waals surface area contributed by atoms with Crippen molar-refractivity contribution in [2.45, 2.75) is 4.90 Å². The van der Waals surface area contributed by atoms with Gasteiger partial charge in [0, 0.05) is 21.5 Å². The molecule has 0 aliphatic heterocycles. The molecule has 0 spiro atoms. The minimum absolute atomic E-state index is 0.104. The Balaban J connectivity index is 1.36. The van der Waals surface area contributed by atoms with Crippen LogP contribution in [0.25, 0.3) is 11.3 Å². The van der Waals surface area contributed by atoms with Gasteiger partial charge < -0.3 is 15.7 Å². The Morgan fingerprint density at radius 2 is 1.48 bits per heavy atom. The molecule has 0 aliphatic rings. The van der Waals surface area contributed by atoms with Gasteiger partial charge in [0.15, 0.2) is 5.13 Å². The zero-order valence-electron chi connectivity index (χ0n) is 19.5.